The van der Waals surface area contributed by atoms with Gasteiger partial charge in [-0.3, -0.25) is 0 Å². The fourth-order valence-electron chi connectivity index (χ4n) is 3.77. The lowest BCUT2D eigenvalue weighted by Crippen LogP contribution is -2.14. The maximum Gasteiger partial charge on any atom is 0.137 e. The summed E-state index contributed by atoms with van der Waals surface area (Å²) in [4.78, 5) is 5.39. The second-order valence-corrected chi connectivity index (χ2v) is 7.13. The van der Waals surface area contributed by atoms with Crippen molar-refractivity contribution >= 4 is 22.9 Å². The Morgan fingerprint density at radius 1 is 1.17 bits per heavy atom. The standard InChI is InChI=1S/C20H21N3S/c1-13-5-4-8-19-22-20(17(23(13)19)12-18(21)24)16-10-9-14-6-2-3-7-15(14)11-16/h4-5,8-11H,2-3,6-7,12H2,1H3,(H2,21,24). The molecule has 0 atom stereocenters. The van der Waals surface area contributed by atoms with Gasteiger partial charge in [-0.05, 0) is 61.9 Å². The number of rotatable bonds is 3. The van der Waals surface area contributed by atoms with Crippen LogP contribution in [0.4, 0.5) is 0 Å². The number of aryl methyl sites for hydroxylation is 3. The van der Waals surface area contributed by atoms with Gasteiger partial charge in [-0.2, -0.15) is 0 Å². The fourth-order valence-corrected chi connectivity index (χ4v) is 3.90. The van der Waals surface area contributed by atoms with Gasteiger partial charge < -0.3 is 10.1 Å². The summed E-state index contributed by atoms with van der Waals surface area (Å²) in [5.41, 5.74) is 14.2. The predicted molar refractivity (Wildman–Crippen MR) is 102 cm³/mol. The van der Waals surface area contributed by atoms with E-state index in [1.807, 2.05) is 12.1 Å². The second kappa shape index (κ2) is 6.02. The number of pyridine rings is 1. The lowest BCUT2D eigenvalue weighted by molar-refractivity contribution is 0.686. The highest BCUT2D eigenvalue weighted by Crippen LogP contribution is 2.30. The van der Waals surface area contributed by atoms with Gasteiger partial charge in [-0.25, -0.2) is 4.98 Å². The Morgan fingerprint density at radius 3 is 2.75 bits per heavy atom. The summed E-state index contributed by atoms with van der Waals surface area (Å²) >= 11 is 5.19. The number of thiocarbonyl (C=S) groups is 1. The van der Waals surface area contributed by atoms with Crippen LogP contribution < -0.4 is 5.73 Å². The van der Waals surface area contributed by atoms with Crippen LogP contribution in [0.5, 0.6) is 0 Å². The normalized spacial score (nSPS) is 13.9. The first-order chi connectivity index (χ1) is 11.6. The van der Waals surface area contributed by atoms with Gasteiger partial charge >= 0.3 is 0 Å². The minimum atomic E-state index is 0.499. The zero-order chi connectivity index (χ0) is 16.7. The first kappa shape index (κ1) is 15.3. The van der Waals surface area contributed by atoms with Crippen LogP contribution in [0.15, 0.2) is 36.4 Å². The molecule has 1 aliphatic carbocycles. The molecule has 1 aliphatic rings. The summed E-state index contributed by atoms with van der Waals surface area (Å²) < 4.78 is 2.17. The van der Waals surface area contributed by atoms with Gasteiger partial charge in [0.15, 0.2) is 0 Å². The molecule has 0 fully saturated rings. The Hall–Kier alpha value is -2.20. The smallest absolute Gasteiger partial charge is 0.137 e. The van der Waals surface area contributed by atoms with Crippen molar-refractivity contribution in [1.29, 1.82) is 0 Å². The average Bonchev–Trinajstić information content (AvgIpc) is 2.93. The van der Waals surface area contributed by atoms with E-state index in [2.05, 4.69) is 35.6 Å². The molecule has 122 valence electrons. The minimum Gasteiger partial charge on any atom is -0.393 e. The summed E-state index contributed by atoms with van der Waals surface area (Å²) in [6, 6.07) is 13.0. The molecule has 3 nitrogen and oxygen atoms in total. The third-order valence-corrected chi connectivity index (χ3v) is 5.04. The molecule has 2 aromatic heterocycles. The summed E-state index contributed by atoms with van der Waals surface area (Å²) in [6.45, 7) is 2.09. The monoisotopic (exact) mass is 335 g/mol. The van der Waals surface area contributed by atoms with E-state index < -0.39 is 0 Å². The third-order valence-electron chi connectivity index (χ3n) is 4.90. The van der Waals surface area contributed by atoms with E-state index in [9.17, 15) is 0 Å². The van der Waals surface area contributed by atoms with Crippen LogP contribution in [0.1, 0.15) is 35.4 Å². The Kier molecular flexibility index (Phi) is 3.85. The summed E-state index contributed by atoms with van der Waals surface area (Å²) in [7, 11) is 0. The zero-order valence-corrected chi connectivity index (χ0v) is 14.7. The molecule has 3 aromatic rings. The Labute approximate surface area is 147 Å². The molecule has 24 heavy (non-hydrogen) atoms. The van der Waals surface area contributed by atoms with Gasteiger partial charge in [-0.1, -0.05) is 30.4 Å². The molecule has 2 N–H and O–H groups in total. The van der Waals surface area contributed by atoms with E-state index in [-0.39, 0.29) is 0 Å². The SMILES string of the molecule is Cc1cccc2nc(-c3ccc4c(c3)CCCC4)c(CC(N)=S)n12. The molecule has 0 unspecified atom stereocenters. The number of nitrogens with zero attached hydrogens (tertiary/aromatic N) is 2. The van der Waals surface area contributed by atoms with Gasteiger partial charge in [-0.15, -0.1) is 0 Å². The lowest BCUT2D eigenvalue weighted by Gasteiger charge is -2.16. The van der Waals surface area contributed by atoms with Crippen LogP contribution in [-0.4, -0.2) is 14.4 Å². The van der Waals surface area contributed by atoms with Crippen LogP contribution >= 0.6 is 12.2 Å². The van der Waals surface area contributed by atoms with Crippen molar-refractivity contribution in [2.24, 2.45) is 5.73 Å². The van der Waals surface area contributed by atoms with Crippen molar-refractivity contribution in [3.8, 4) is 11.3 Å². The Bertz CT molecular complexity index is 939. The first-order valence-corrected chi connectivity index (χ1v) is 8.92. The van der Waals surface area contributed by atoms with Crippen molar-refractivity contribution in [2.75, 3.05) is 0 Å². The summed E-state index contributed by atoms with van der Waals surface area (Å²) in [5, 5.41) is 0. The highest BCUT2D eigenvalue weighted by atomic mass is 32.1. The van der Waals surface area contributed by atoms with E-state index in [0.717, 1.165) is 22.7 Å². The highest BCUT2D eigenvalue weighted by Gasteiger charge is 2.18. The lowest BCUT2D eigenvalue weighted by atomic mass is 9.89. The summed E-state index contributed by atoms with van der Waals surface area (Å²) in [6.07, 6.45) is 5.50. The molecule has 0 saturated carbocycles. The number of hydrogen-bond acceptors (Lipinski definition) is 2. The van der Waals surface area contributed by atoms with Crippen molar-refractivity contribution < 1.29 is 0 Å². The number of fused-ring (bicyclic) bond motifs is 2. The molecule has 1 aromatic carbocycles. The van der Waals surface area contributed by atoms with E-state index >= 15 is 0 Å². The zero-order valence-electron chi connectivity index (χ0n) is 13.9. The number of imidazole rings is 1. The van der Waals surface area contributed by atoms with Crippen molar-refractivity contribution in [2.45, 2.75) is 39.0 Å². The molecular weight excluding hydrogens is 314 g/mol. The van der Waals surface area contributed by atoms with Crippen molar-refractivity contribution in [1.82, 2.24) is 9.38 Å². The Balaban J connectivity index is 1.92. The molecule has 2 heterocycles. The molecule has 0 saturated heterocycles. The molecule has 4 rings (SSSR count). The number of nitrogens with two attached hydrogens (primary N) is 1. The van der Waals surface area contributed by atoms with Gasteiger partial charge in [0.25, 0.3) is 0 Å². The van der Waals surface area contributed by atoms with Gasteiger partial charge in [0.05, 0.1) is 16.4 Å². The molecular formula is C20H21N3S. The number of benzene rings is 1. The number of aromatic nitrogens is 2. The van der Waals surface area contributed by atoms with Crippen LogP contribution in [0.25, 0.3) is 16.9 Å². The third kappa shape index (κ3) is 2.61. The van der Waals surface area contributed by atoms with E-state index in [1.54, 1.807) is 0 Å². The fraction of sp³-hybridized carbons (Fsp3) is 0.300. The summed E-state index contributed by atoms with van der Waals surface area (Å²) in [5.74, 6) is 0. The molecule has 0 aliphatic heterocycles. The molecule has 0 amide bonds. The van der Waals surface area contributed by atoms with Crippen LogP contribution in [0.3, 0.4) is 0 Å². The molecule has 0 bridgehead atoms. The van der Waals surface area contributed by atoms with Crippen LogP contribution in [-0.2, 0) is 19.3 Å². The van der Waals surface area contributed by atoms with E-state index in [4.69, 9.17) is 22.9 Å². The van der Waals surface area contributed by atoms with Crippen LogP contribution in [0, 0.1) is 6.92 Å². The van der Waals surface area contributed by atoms with Crippen molar-refractivity contribution in [3.05, 3.63) is 58.9 Å². The van der Waals surface area contributed by atoms with Crippen LogP contribution in [0.2, 0.25) is 0 Å². The average molecular weight is 335 g/mol. The molecule has 0 radical (unpaired) electrons. The number of hydrogen-bond donors (Lipinski definition) is 1. The maximum absolute atomic E-state index is 5.87. The molecule has 4 heteroatoms. The van der Waals surface area contributed by atoms with Gasteiger partial charge in [0.2, 0.25) is 0 Å². The van der Waals surface area contributed by atoms with E-state index in [0.29, 0.717) is 11.4 Å². The minimum absolute atomic E-state index is 0.499. The largest absolute Gasteiger partial charge is 0.393 e. The predicted octanol–water partition coefficient (Wildman–Crippen LogP) is 4.02. The maximum atomic E-state index is 5.87. The van der Waals surface area contributed by atoms with Gasteiger partial charge in [0, 0.05) is 17.7 Å². The first-order valence-electron chi connectivity index (χ1n) is 8.51. The Morgan fingerprint density at radius 2 is 1.96 bits per heavy atom. The molecule has 0 spiro atoms. The topological polar surface area (TPSA) is 43.3 Å². The quantitative estimate of drug-likeness (QED) is 0.735. The van der Waals surface area contributed by atoms with Crippen molar-refractivity contribution in [3.63, 3.8) is 0 Å². The van der Waals surface area contributed by atoms with Gasteiger partial charge in [0.1, 0.15) is 5.65 Å². The highest BCUT2D eigenvalue weighted by molar-refractivity contribution is 7.80. The van der Waals surface area contributed by atoms with E-state index in [1.165, 1.54) is 42.4 Å². The second-order valence-electron chi connectivity index (χ2n) is 6.60.